The van der Waals surface area contributed by atoms with E-state index in [4.69, 9.17) is 0 Å². The number of carboxylic acids is 1. The van der Waals surface area contributed by atoms with Crippen LogP contribution in [0.3, 0.4) is 0 Å². The van der Waals surface area contributed by atoms with Gasteiger partial charge in [-0.2, -0.15) is 0 Å². The highest BCUT2D eigenvalue weighted by Gasteiger charge is 2.43. The van der Waals surface area contributed by atoms with E-state index >= 15 is 0 Å². The maximum absolute atomic E-state index is 13.0. The Morgan fingerprint density at radius 3 is 2.39 bits per heavy atom. The Hall–Kier alpha value is -2.21. The third-order valence-electron chi connectivity index (χ3n) is 6.45. The van der Waals surface area contributed by atoms with Crippen LogP contribution in [0.25, 0.3) is 11.0 Å². The number of carboxylic acid groups (broad SMARTS) is 1. The number of carbonyl (C=O) groups is 1. The maximum Gasteiger partial charge on any atom is 0.360 e. The van der Waals surface area contributed by atoms with Crippen LogP contribution in [0.4, 0.5) is 0 Å². The molecule has 0 radical (unpaired) electrons. The van der Waals surface area contributed by atoms with Crippen LogP contribution in [0.2, 0.25) is 0 Å². The standard InChI is InChI=1S/C22H29N3O3/c1-13(2)10-14(3)24-15-8-9-16(24)12-17(11-15)25-19-7-5-4-6-18(19)23-20(21(25)26)22(27)28/h4-7,13-17H,8-12H2,1-3H3,(H,27,28)/t14?,15-,16?,17?/m0/s1. The molecule has 0 aliphatic carbocycles. The lowest BCUT2D eigenvalue weighted by molar-refractivity contribution is 0.0600. The highest BCUT2D eigenvalue weighted by Crippen LogP contribution is 2.43. The van der Waals surface area contributed by atoms with Crippen molar-refractivity contribution >= 4 is 17.0 Å². The molecule has 2 fully saturated rings. The summed E-state index contributed by atoms with van der Waals surface area (Å²) in [5, 5.41) is 9.48. The fourth-order valence-corrected chi connectivity index (χ4v) is 5.58. The molecule has 3 unspecified atom stereocenters. The van der Waals surface area contributed by atoms with Gasteiger partial charge in [0.05, 0.1) is 11.0 Å². The smallest absolute Gasteiger partial charge is 0.360 e. The first-order valence-electron chi connectivity index (χ1n) is 10.4. The van der Waals surface area contributed by atoms with Crippen molar-refractivity contribution in [3.05, 3.63) is 40.3 Å². The topological polar surface area (TPSA) is 75.4 Å². The Bertz CT molecular complexity index is 938. The van der Waals surface area contributed by atoms with Crippen molar-refractivity contribution in [2.24, 2.45) is 5.92 Å². The number of aromatic carboxylic acids is 1. The molecule has 2 aliphatic rings. The molecule has 2 saturated heterocycles. The minimum absolute atomic E-state index is 0.0264. The van der Waals surface area contributed by atoms with Gasteiger partial charge < -0.3 is 9.67 Å². The fourth-order valence-electron chi connectivity index (χ4n) is 5.58. The molecule has 1 N–H and O–H groups in total. The van der Waals surface area contributed by atoms with Crippen molar-refractivity contribution in [1.29, 1.82) is 0 Å². The Morgan fingerprint density at radius 2 is 1.79 bits per heavy atom. The zero-order valence-corrected chi connectivity index (χ0v) is 16.8. The van der Waals surface area contributed by atoms with Crippen molar-refractivity contribution in [3.63, 3.8) is 0 Å². The molecule has 3 heterocycles. The number of hydrogen-bond acceptors (Lipinski definition) is 4. The van der Waals surface area contributed by atoms with Crippen LogP contribution in [-0.4, -0.2) is 43.7 Å². The summed E-state index contributed by atoms with van der Waals surface area (Å²) in [6, 6.07) is 8.87. The van der Waals surface area contributed by atoms with Gasteiger partial charge in [-0.15, -0.1) is 0 Å². The van der Waals surface area contributed by atoms with Gasteiger partial charge in [-0.3, -0.25) is 9.69 Å². The number of para-hydroxylation sites is 2. The average Bonchev–Trinajstić information content (AvgIpc) is 2.91. The maximum atomic E-state index is 13.0. The van der Waals surface area contributed by atoms with E-state index < -0.39 is 11.5 Å². The van der Waals surface area contributed by atoms with Gasteiger partial charge in [0.15, 0.2) is 0 Å². The number of piperidine rings is 1. The monoisotopic (exact) mass is 383 g/mol. The first kappa shape index (κ1) is 19.1. The molecular formula is C22H29N3O3. The van der Waals surface area contributed by atoms with Gasteiger partial charge in [-0.05, 0) is 57.1 Å². The van der Waals surface area contributed by atoms with E-state index in [9.17, 15) is 14.7 Å². The number of rotatable bonds is 5. The summed E-state index contributed by atoms with van der Waals surface area (Å²) >= 11 is 0. The molecule has 1 aromatic carbocycles. The molecule has 4 atom stereocenters. The van der Waals surface area contributed by atoms with Crippen molar-refractivity contribution < 1.29 is 9.90 Å². The Kier molecular flexibility index (Phi) is 5.00. The van der Waals surface area contributed by atoms with Gasteiger partial charge in [-0.1, -0.05) is 26.0 Å². The first-order valence-corrected chi connectivity index (χ1v) is 10.4. The van der Waals surface area contributed by atoms with Gasteiger partial charge in [0.2, 0.25) is 5.69 Å². The first-order chi connectivity index (χ1) is 13.4. The van der Waals surface area contributed by atoms with Crippen molar-refractivity contribution in [3.8, 4) is 0 Å². The van der Waals surface area contributed by atoms with Crippen molar-refractivity contribution in [2.45, 2.75) is 77.0 Å². The molecule has 2 aromatic rings. The normalized spacial score (nSPS) is 26.1. The van der Waals surface area contributed by atoms with Crippen molar-refractivity contribution in [1.82, 2.24) is 14.5 Å². The highest BCUT2D eigenvalue weighted by atomic mass is 16.4. The molecular weight excluding hydrogens is 354 g/mol. The molecule has 2 bridgehead atoms. The third kappa shape index (κ3) is 3.24. The van der Waals surface area contributed by atoms with Crippen LogP contribution < -0.4 is 5.56 Å². The van der Waals surface area contributed by atoms with E-state index in [1.165, 1.54) is 6.42 Å². The third-order valence-corrected chi connectivity index (χ3v) is 6.45. The van der Waals surface area contributed by atoms with Crippen molar-refractivity contribution in [2.75, 3.05) is 0 Å². The van der Waals surface area contributed by atoms with E-state index in [1.807, 2.05) is 18.2 Å². The minimum Gasteiger partial charge on any atom is -0.476 e. The molecule has 1 aromatic heterocycles. The van der Waals surface area contributed by atoms with E-state index in [0.29, 0.717) is 29.6 Å². The summed E-state index contributed by atoms with van der Waals surface area (Å²) in [6.07, 6.45) is 5.29. The Labute approximate surface area is 165 Å². The second-order valence-corrected chi connectivity index (χ2v) is 8.87. The van der Waals surface area contributed by atoms with E-state index in [0.717, 1.165) is 31.2 Å². The van der Waals surface area contributed by atoms with Crippen LogP contribution in [-0.2, 0) is 0 Å². The van der Waals surface area contributed by atoms with Gasteiger partial charge in [0.1, 0.15) is 0 Å². The predicted molar refractivity (Wildman–Crippen MR) is 109 cm³/mol. The lowest BCUT2D eigenvalue weighted by Crippen LogP contribution is -2.49. The van der Waals surface area contributed by atoms with E-state index in [2.05, 4.69) is 30.7 Å². The van der Waals surface area contributed by atoms with Gasteiger partial charge in [0.25, 0.3) is 5.56 Å². The second-order valence-electron chi connectivity index (χ2n) is 8.87. The summed E-state index contributed by atoms with van der Waals surface area (Å²) in [5.41, 5.74) is 0.467. The average molecular weight is 383 g/mol. The van der Waals surface area contributed by atoms with E-state index in [1.54, 1.807) is 10.6 Å². The zero-order chi connectivity index (χ0) is 20.0. The summed E-state index contributed by atoms with van der Waals surface area (Å²) in [7, 11) is 0. The number of benzene rings is 1. The summed E-state index contributed by atoms with van der Waals surface area (Å²) in [5.74, 6) is -0.590. The molecule has 2 aliphatic heterocycles. The zero-order valence-electron chi connectivity index (χ0n) is 16.8. The molecule has 28 heavy (non-hydrogen) atoms. The van der Waals surface area contributed by atoms with Crippen LogP contribution in [0.5, 0.6) is 0 Å². The van der Waals surface area contributed by atoms with Crippen LogP contribution in [0.15, 0.2) is 29.1 Å². The molecule has 0 amide bonds. The molecule has 0 saturated carbocycles. The quantitative estimate of drug-likeness (QED) is 0.852. The number of aromatic nitrogens is 2. The van der Waals surface area contributed by atoms with Gasteiger partial charge in [-0.25, -0.2) is 9.78 Å². The summed E-state index contributed by atoms with van der Waals surface area (Å²) < 4.78 is 1.72. The Morgan fingerprint density at radius 1 is 1.14 bits per heavy atom. The summed E-state index contributed by atoms with van der Waals surface area (Å²) in [4.78, 5) is 31.4. The molecule has 6 heteroatoms. The summed E-state index contributed by atoms with van der Waals surface area (Å²) in [6.45, 7) is 6.85. The highest BCUT2D eigenvalue weighted by molar-refractivity contribution is 5.88. The van der Waals surface area contributed by atoms with Crippen LogP contribution in [0, 0.1) is 5.92 Å². The Balaban J connectivity index is 1.72. The van der Waals surface area contributed by atoms with E-state index in [-0.39, 0.29) is 11.7 Å². The minimum atomic E-state index is -1.25. The number of fused-ring (bicyclic) bond motifs is 3. The van der Waals surface area contributed by atoms with Gasteiger partial charge in [0, 0.05) is 24.2 Å². The van der Waals surface area contributed by atoms with Crippen LogP contribution >= 0.6 is 0 Å². The predicted octanol–water partition coefficient (Wildman–Crippen LogP) is 3.70. The van der Waals surface area contributed by atoms with Gasteiger partial charge >= 0.3 is 5.97 Å². The SMILES string of the molecule is CC(C)CC(C)N1C2CC[C@H]1CC(n1c(=O)c(C(=O)O)nc3ccccc31)C2. The lowest BCUT2D eigenvalue weighted by atomic mass is 9.92. The molecule has 6 nitrogen and oxygen atoms in total. The van der Waals surface area contributed by atoms with Crippen LogP contribution in [0.1, 0.15) is 69.4 Å². The largest absolute Gasteiger partial charge is 0.476 e. The second kappa shape index (κ2) is 7.32. The number of hydrogen-bond donors (Lipinski definition) is 1. The lowest BCUT2D eigenvalue weighted by Gasteiger charge is -2.43. The fraction of sp³-hybridized carbons (Fsp3) is 0.591. The number of nitrogens with zero attached hydrogens (tertiary/aromatic N) is 3. The molecule has 0 spiro atoms. The molecule has 4 rings (SSSR count). The molecule has 150 valence electrons.